The molecule has 2 amide bonds. The van der Waals surface area contributed by atoms with Gasteiger partial charge in [0, 0.05) is 17.0 Å². The number of thiazole rings is 1. The van der Waals surface area contributed by atoms with Crippen LogP contribution in [0.3, 0.4) is 0 Å². The van der Waals surface area contributed by atoms with Crippen molar-refractivity contribution >= 4 is 28.3 Å². The lowest BCUT2D eigenvalue weighted by Gasteiger charge is -2.09. The Bertz CT molecular complexity index is 447. The quantitative estimate of drug-likeness (QED) is 0.653. The topological polar surface area (TPSA) is 50.3 Å². The molecule has 1 aromatic rings. The van der Waals surface area contributed by atoms with E-state index in [0.717, 1.165) is 10.6 Å². The van der Waals surface area contributed by atoms with Crippen LogP contribution in [-0.2, 0) is 9.59 Å². The number of rotatable bonds is 1. The third-order valence-electron chi connectivity index (χ3n) is 1.90. The van der Waals surface area contributed by atoms with Crippen LogP contribution in [0.25, 0.3) is 0 Å². The van der Waals surface area contributed by atoms with Gasteiger partial charge < -0.3 is 0 Å². The number of carbonyl (C=O) groups is 2. The summed E-state index contributed by atoms with van der Waals surface area (Å²) >= 11 is 1.30. The SMILES string of the molecule is CC1=CC(=O)N(c2nc(C)cs2)C1=O. The van der Waals surface area contributed by atoms with Crippen molar-refractivity contribution in [2.45, 2.75) is 13.8 Å². The van der Waals surface area contributed by atoms with Crippen molar-refractivity contribution in [1.82, 2.24) is 4.98 Å². The Morgan fingerprint density at radius 2 is 2.07 bits per heavy atom. The Morgan fingerprint density at radius 3 is 2.50 bits per heavy atom. The predicted octanol–water partition coefficient (Wildman–Crippen LogP) is 1.27. The molecule has 4 nitrogen and oxygen atoms in total. The zero-order valence-corrected chi connectivity index (χ0v) is 8.59. The highest BCUT2D eigenvalue weighted by Crippen LogP contribution is 2.25. The number of carbonyl (C=O) groups excluding carboxylic acids is 2. The van der Waals surface area contributed by atoms with Gasteiger partial charge in [-0.1, -0.05) is 0 Å². The molecule has 0 aromatic carbocycles. The Labute approximate surface area is 84.9 Å². The Kier molecular flexibility index (Phi) is 1.96. The van der Waals surface area contributed by atoms with Gasteiger partial charge in [-0.25, -0.2) is 9.88 Å². The van der Waals surface area contributed by atoms with Crippen molar-refractivity contribution in [3.8, 4) is 0 Å². The van der Waals surface area contributed by atoms with Crippen LogP contribution in [0.4, 0.5) is 5.13 Å². The van der Waals surface area contributed by atoms with Crippen LogP contribution in [0, 0.1) is 6.92 Å². The highest BCUT2D eigenvalue weighted by Gasteiger charge is 2.31. The summed E-state index contributed by atoms with van der Waals surface area (Å²) in [5.41, 5.74) is 1.28. The van der Waals surface area contributed by atoms with E-state index in [-0.39, 0.29) is 11.8 Å². The van der Waals surface area contributed by atoms with Gasteiger partial charge in [0.15, 0.2) is 5.13 Å². The van der Waals surface area contributed by atoms with E-state index in [2.05, 4.69) is 4.98 Å². The lowest BCUT2D eigenvalue weighted by atomic mass is 10.3. The number of nitrogens with zero attached hydrogens (tertiary/aromatic N) is 2. The van der Waals surface area contributed by atoms with Crippen LogP contribution < -0.4 is 4.90 Å². The van der Waals surface area contributed by atoms with Gasteiger partial charge in [0.2, 0.25) is 0 Å². The molecule has 2 heterocycles. The summed E-state index contributed by atoms with van der Waals surface area (Å²) in [6.45, 7) is 3.45. The maximum absolute atomic E-state index is 11.5. The third-order valence-corrected chi connectivity index (χ3v) is 2.84. The van der Waals surface area contributed by atoms with E-state index >= 15 is 0 Å². The molecule has 5 heteroatoms. The molecule has 14 heavy (non-hydrogen) atoms. The number of imide groups is 1. The predicted molar refractivity (Wildman–Crippen MR) is 53.1 cm³/mol. The van der Waals surface area contributed by atoms with Crippen LogP contribution in [0.15, 0.2) is 17.0 Å². The molecule has 1 aliphatic heterocycles. The molecule has 1 aliphatic rings. The summed E-state index contributed by atoms with van der Waals surface area (Å²) in [7, 11) is 0. The molecular formula is C9H8N2O2S. The summed E-state index contributed by atoms with van der Waals surface area (Å²) in [5, 5.41) is 2.26. The first-order chi connectivity index (χ1) is 6.59. The van der Waals surface area contributed by atoms with Crippen molar-refractivity contribution in [3.05, 3.63) is 22.7 Å². The van der Waals surface area contributed by atoms with Gasteiger partial charge in [0.25, 0.3) is 11.8 Å². The molecule has 0 spiro atoms. The number of hydrogen-bond acceptors (Lipinski definition) is 4. The first-order valence-corrected chi connectivity index (χ1v) is 4.96. The van der Waals surface area contributed by atoms with E-state index in [1.54, 1.807) is 6.92 Å². The van der Waals surface area contributed by atoms with Crippen LogP contribution in [0.2, 0.25) is 0 Å². The van der Waals surface area contributed by atoms with E-state index in [4.69, 9.17) is 0 Å². The molecule has 0 unspecified atom stereocenters. The van der Waals surface area contributed by atoms with E-state index in [1.165, 1.54) is 17.4 Å². The molecule has 0 saturated heterocycles. The zero-order chi connectivity index (χ0) is 10.3. The second kappa shape index (κ2) is 3.02. The number of aromatic nitrogens is 1. The van der Waals surface area contributed by atoms with E-state index in [9.17, 15) is 9.59 Å². The van der Waals surface area contributed by atoms with Crippen LogP contribution >= 0.6 is 11.3 Å². The summed E-state index contributed by atoms with van der Waals surface area (Å²) in [5.74, 6) is -0.578. The highest BCUT2D eigenvalue weighted by atomic mass is 32.1. The number of hydrogen-bond donors (Lipinski definition) is 0. The van der Waals surface area contributed by atoms with Crippen molar-refractivity contribution < 1.29 is 9.59 Å². The minimum Gasteiger partial charge on any atom is -0.269 e. The molecule has 0 bridgehead atoms. The number of anilines is 1. The lowest BCUT2D eigenvalue weighted by Crippen LogP contribution is -2.30. The number of aryl methyl sites for hydroxylation is 1. The van der Waals surface area contributed by atoms with Gasteiger partial charge in [0.05, 0.1) is 5.69 Å². The van der Waals surface area contributed by atoms with Crippen molar-refractivity contribution in [1.29, 1.82) is 0 Å². The highest BCUT2D eigenvalue weighted by molar-refractivity contribution is 7.14. The number of amides is 2. The normalized spacial score (nSPS) is 16.4. The molecular weight excluding hydrogens is 200 g/mol. The van der Waals surface area contributed by atoms with Gasteiger partial charge in [-0.3, -0.25) is 9.59 Å². The fourth-order valence-corrected chi connectivity index (χ4v) is 2.02. The van der Waals surface area contributed by atoms with Gasteiger partial charge >= 0.3 is 0 Å². The van der Waals surface area contributed by atoms with Gasteiger partial charge in [-0.05, 0) is 13.8 Å². The van der Waals surface area contributed by atoms with Gasteiger partial charge in [0.1, 0.15) is 0 Å². The summed E-state index contributed by atoms with van der Waals surface area (Å²) < 4.78 is 0. The van der Waals surface area contributed by atoms with Crippen LogP contribution in [0.5, 0.6) is 0 Å². The molecule has 0 aliphatic carbocycles. The Balaban J connectivity index is 2.38. The zero-order valence-electron chi connectivity index (χ0n) is 7.77. The molecule has 2 rings (SSSR count). The van der Waals surface area contributed by atoms with Crippen molar-refractivity contribution in [3.63, 3.8) is 0 Å². The van der Waals surface area contributed by atoms with Crippen LogP contribution in [-0.4, -0.2) is 16.8 Å². The third kappa shape index (κ3) is 1.26. The second-order valence-corrected chi connectivity index (χ2v) is 3.91. The first-order valence-electron chi connectivity index (χ1n) is 4.08. The lowest BCUT2D eigenvalue weighted by molar-refractivity contribution is -0.120. The van der Waals surface area contributed by atoms with Crippen LogP contribution in [0.1, 0.15) is 12.6 Å². The summed E-state index contributed by atoms with van der Waals surface area (Å²) in [4.78, 5) is 28.1. The van der Waals surface area contributed by atoms with E-state index < -0.39 is 0 Å². The minimum absolute atomic E-state index is 0.274. The second-order valence-electron chi connectivity index (χ2n) is 3.08. The Morgan fingerprint density at radius 1 is 1.36 bits per heavy atom. The van der Waals surface area contributed by atoms with Gasteiger partial charge in [-0.15, -0.1) is 11.3 Å². The molecule has 0 radical (unpaired) electrons. The maximum atomic E-state index is 11.5. The molecule has 0 fully saturated rings. The smallest absolute Gasteiger partial charge is 0.263 e. The van der Waals surface area contributed by atoms with Gasteiger partial charge in [-0.2, -0.15) is 0 Å². The summed E-state index contributed by atoms with van der Waals surface area (Å²) in [6, 6.07) is 0. The van der Waals surface area contributed by atoms with E-state index in [1.807, 2.05) is 12.3 Å². The monoisotopic (exact) mass is 208 g/mol. The average molecular weight is 208 g/mol. The first kappa shape index (κ1) is 9.08. The van der Waals surface area contributed by atoms with Crippen molar-refractivity contribution in [2.75, 3.05) is 4.90 Å². The average Bonchev–Trinajstić information content (AvgIpc) is 2.60. The molecule has 0 atom stereocenters. The summed E-state index contributed by atoms with van der Waals surface area (Å²) in [6.07, 6.45) is 1.33. The fourth-order valence-electron chi connectivity index (χ4n) is 1.21. The Hall–Kier alpha value is -1.49. The fraction of sp³-hybridized carbons (Fsp3) is 0.222. The van der Waals surface area contributed by atoms with Crippen molar-refractivity contribution in [2.24, 2.45) is 0 Å². The molecule has 0 saturated carbocycles. The molecule has 1 aromatic heterocycles. The van der Waals surface area contributed by atoms with E-state index in [0.29, 0.717) is 10.7 Å². The maximum Gasteiger partial charge on any atom is 0.263 e. The molecule has 0 N–H and O–H groups in total. The molecule has 72 valence electrons. The standard InChI is InChI=1S/C9H8N2O2S/c1-5-3-7(12)11(8(5)13)9-10-6(2)4-14-9/h3-4H,1-2H3. The largest absolute Gasteiger partial charge is 0.269 e. The minimum atomic E-state index is -0.304.